The van der Waals surface area contributed by atoms with Gasteiger partial charge in [-0.3, -0.25) is 4.79 Å². The van der Waals surface area contributed by atoms with Crippen LogP contribution in [0.5, 0.6) is 5.75 Å². The Bertz CT molecular complexity index is 720. The standard InChI is InChI=1S/C24H31NO2/c1-4-6-10-19(5-2)18-25-24(26)23(21-11-8-7-9-12-21)17-20-13-15-22(27-3)16-14-20/h7-9,11-17,19H,4-6,10,18H2,1-3H3,(H,25,26)/b23-17+/t19-/m0/s1. The Balaban J connectivity index is 2.19. The lowest BCUT2D eigenvalue weighted by atomic mass is 9.98. The fourth-order valence-corrected chi connectivity index (χ4v) is 3.04. The molecule has 0 aliphatic rings. The van der Waals surface area contributed by atoms with Gasteiger partial charge in [0, 0.05) is 12.1 Å². The first-order valence-corrected chi connectivity index (χ1v) is 9.87. The lowest BCUT2D eigenvalue weighted by molar-refractivity contribution is -0.115. The normalized spacial score (nSPS) is 12.5. The quantitative estimate of drug-likeness (QED) is 0.442. The molecule has 1 atom stereocenters. The van der Waals surface area contributed by atoms with Crippen molar-refractivity contribution in [2.75, 3.05) is 13.7 Å². The fraction of sp³-hybridized carbons (Fsp3) is 0.375. The Morgan fingerprint density at radius 2 is 1.78 bits per heavy atom. The molecule has 1 N–H and O–H groups in total. The zero-order valence-electron chi connectivity index (χ0n) is 16.7. The minimum absolute atomic E-state index is 0.0213. The summed E-state index contributed by atoms with van der Waals surface area (Å²) in [6, 6.07) is 17.6. The topological polar surface area (TPSA) is 38.3 Å². The molecule has 27 heavy (non-hydrogen) atoms. The second kappa shape index (κ2) is 11.2. The molecule has 1 amide bonds. The highest BCUT2D eigenvalue weighted by atomic mass is 16.5. The lowest BCUT2D eigenvalue weighted by Gasteiger charge is -2.16. The summed E-state index contributed by atoms with van der Waals surface area (Å²) in [5.74, 6) is 1.32. The van der Waals surface area contributed by atoms with Crippen molar-refractivity contribution in [1.82, 2.24) is 5.32 Å². The summed E-state index contributed by atoms with van der Waals surface area (Å²) >= 11 is 0. The molecule has 3 heteroatoms. The van der Waals surface area contributed by atoms with Crippen molar-refractivity contribution in [2.24, 2.45) is 5.92 Å². The van der Waals surface area contributed by atoms with Crippen LogP contribution in [0.1, 0.15) is 50.7 Å². The summed E-state index contributed by atoms with van der Waals surface area (Å²) in [5, 5.41) is 3.15. The molecule has 0 aliphatic carbocycles. The first-order valence-electron chi connectivity index (χ1n) is 9.87. The number of ether oxygens (including phenoxy) is 1. The van der Waals surface area contributed by atoms with E-state index in [-0.39, 0.29) is 5.91 Å². The van der Waals surface area contributed by atoms with Gasteiger partial charge >= 0.3 is 0 Å². The van der Waals surface area contributed by atoms with Crippen LogP contribution in [-0.4, -0.2) is 19.6 Å². The molecule has 0 saturated heterocycles. The molecule has 2 rings (SSSR count). The molecule has 0 aromatic heterocycles. The average molecular weight is 366 g/mol. The van der Waals surface area contributed by atoms with Gasteiger partial charge in [-0.1, -0.05) is 75.6 Å². The number of amides is 1. The molecule has 0 aliphatic heterocycles. The van der Waals surface area contributed by atoms with E-state index >= 15 is 0 Å². The largest absolute Gasteiger partial charge is 0.497 e. The van der Waals surface area contributed by atoms with Crippen molar-refractivity contribution >= 4 is 17.6 Å². The van der Waals surface area contributed by atoms with Crippen molar-refractivity contribution in [3.05, 3.63) is 65.7 Å². The van der Waals surface area contributed by atoms with Crippen LogP contribution in [0.3, 0.4) is 0 Å². The maximum atomic E-state index is 13.0. The summed E-state index contributed by atoms with van der Waals surface area (Å²) in [7, 11) is 1.65. The Morgan fingerprint density at radius 1 is 1.07 bits per heavy atom. The minimum Gasteiger partial charge on any atom is -0.497 e. The van der Waals surface area contributed by atoms with Crippen LogP contribution >= 0.6 is 0 Å². The number of benzene rings is 2. The van der Waals surface area contributed by atoms with E-state index in [0.717, 1.165) is 36.3 Å². The summed E-state index contributed by atoms with van der Waals surface area (Å²) in [5.41, 5.74) is 2.58. The molecule has 2 aromatic rings. The fourth-order valence-electron chi connectivity index (χ4n) is 3.04. The van der Waals surface area contributed by atoms with Gasteiger partial charge < -0.3 is 10.1 Å². The van der Waals surface area contributed by atoms with Crippen molar-refractivity contribution in [3.63, 3.8) is 0 Å². The zero-order chi connectivity index (χ0) is 19.5. The smallest absolute Gasteiger partial charge is 0.251 e. The Kier molecular flexibility index (Phi) is 8.63. The highest BCUT2D eigenvalue weighted by Gasteiger charge is 2.14. The van der Waals surface area contributed by atoms with E-state index in [1.807, 2.05) is 60.7 Å². The average Bonchev–Trinajstić information content (AvgIpc) is 2.73. The maximum absolute atomic E-state index is 13.0. The van der Waals surface area contributed by atoms with E-state index in [9.17, 15) is 4.79 Å². The van der Waals surface area contributed by atoms with E-state index in [4.69, 9.17) is 4.74 Å². The van der Waals surface area contributed by atoms with Crippen LogP contribution in [0.4, 0.5) is 0 Å². The van der Waals surface area contributed by atoms with Gasteiger partial charge in [0.05, 0.1) is 7.11 Å². The minimum atomic E-state index is -0.0213. The van der Waals surface area contributed by atoms with Gasteiger partial charge in [0.1, 0.15) is 5.75 Å². The first-order chi connectivity index (χ1) is 13.2. The SMILES string of the molecule is CCCC[C@H](CC)CNC(=O)/C(=C/c1ccc(OC)cc1)c1ccccc1. The van der Waals surface area contributed by atoms with Gasteiger partial charge in [-0.2, -0.15) is 0 Å². The summed E-state index contributed by atoms with van der Waals surface area (Å²) in [6.07, 6.45) is 6.59. The lowest BCUT2D eigenvalue weighted by Crippen LogP contribution is -2.29. The highest BCUT2D eigenvalue weighted by molar-refractivity contribution is 6.24. The molecule has 0 bridgehead atoms. The molecule has 0 radical (unpaired) electrons. The molecule has 2 aromatic carbocycles. The van der Waals surface area contributed by atoms with E-state index in [1.54, 1.807) is 7.11 Å². The monoisotopic (exact) mass is 365 g/mol. The maximum Gasteiger partial charge on any atom is 0.251 e. The number of hydrogen-bond donors (Lipinski definition) is 1. The number of methoxy groups -OCH3 is 1. The van der Waals surface area contributed by atoms with Crippen LogP contribution < -0.4 is 10.1 Å². The third kappa shape index (κ3) is 6.59. The predicted octanol–water partition coefficient (Wildman–Crippen LogP) is 5.57. The summed E-state index contributed by atoms with van der Waals surface area (Å²) in [6.45, 7) is 5.12. The molecular weight excluding hydrogens is 334 g/mol. The van der Waals surface area contributed by atoms with Crippen molar-refractivity contribution in [2.45, 2.75) is 39.5 Å². The summed E-state index contributed by atoms with van der Waals surface area (Å²) < 4.78 is 5.22. The van der Waals surface area contributed by atoms with Crippen LogP contribution in [-0.2, 0) is 4.79 Å². The van der Waals surface area contributed by atoms with E-state index in [1.165, 1.54) is 12.8 Å². The van der Waals surface area contributed by atoms with Gasteiger partial charge in [0.15, 0.2) is 0 Å². The number of nitrogens with one attached hydrogen (secondary N) is 1. The van der Waals surface area contributed by atoms with Crippen LogP contribution in [0.2, 0.25) is 0 Å². The Hall–Kier alpha value is -2.55. The van der Waals surface area contributed by atoms with Crippen LogP contribution in [0, 0.1) is 5.92 Å². The second-order valence-corrected chi connectivity index (χ2v) is 6.82. The second-order valence-electron chi connectivity index (χ2n) is 6.82. The number of carbonyl (C=O) groups is 1. The van der Waals surface area contributed by atoms with E-state index in [2.05, 4.69) is 19.2 Å². The summed E-state index contributed by atoms with van der Waals surface area (Å²) in [4.78, 5) is 13.0. The molecule has 0 unspecified atom stereocenters. The van der Waals surface area contributed by atoms with Crippen LogP contribution in [0.25, 0.3) is 11.6 Å². The Morgan fingerprint density at radius 3 is 2.37 bits per heavy atom. The molecule has 144 valence electrons. The molecule has 0 spiro atoms. The zero-order valence-corrected chi connectivity index (χ0v) is 16.7. The number of hydrogen-bond acceptors (Lipinski definition) is 2. The number of unbranched alkanes of at least 4 members (excludes halogenated alkanes) is 1. The number of carbonyl (C=O) groups excluding carboxylic acids is 1. The first kappa shape index (κ1) is 20.8. The van der Waals surface area contributed by atoms with Gasteiger partial charge in [-0.25, -0.2) is 0 Å². The third-order valence-electron chi connectivity index (χ3n) is 4.85. The molecule has 3 nitrogen and oxygen atoms in total. The van der Waals surface area contributed by atoms with Crippen molar-refractivity contribution in [1.29, 1.82) is 0 Å². The van der Waals surface area contributed by atoms with E-state index < -0.39 is 0 Å². The van der Waals surface area contributed by atoms with Crippen LogP contribution in [0.15, 0.2) is 54.6 Å². The predicted molar refractivity (Wildman–Crippen MR) is 114 cm³/mol. The van der Waals surface area contributed by atoms with Gasteiger partial charge in [-0.15, -0.1) is 0 Å². The van der Waals surface area contributed by atoms with E-state index in [0.29, 0.717) is 11.5 Å². The van der Waals surface area contributed by atoms with Gasteiger partial charge in [0.2, 0.25) is 0 Å². The highest BCUT2D eigenvalue weighted by Crippen LogP contribution is 2.21. The van der Waals surface area contributed by atoms with Gasteiger partial charge in [-0.05, 0) is 41.7 Å². The molecule has 0 fully saturated rings. The van der Waals surface area contributed by atoms with Crippen molar-refractivity contribution < 1.29 is 9.53 Å². The molecule has 0 heterocycles. The molecule has 0 saturated carbocycles. The molecular formula is C24H31NO2. The Labute approximate surface area is 163 Å². The number of rotatable bonds is 10. The van der Waals surface area contributed by atoms with Crippen molar-refractivity contribution in [3.8, 4) is 5.75 Å². The van der Waals surface area contributed by atoms with Gasteiger partial charge in [0.25, 0.3) is 5.91 Å². The third-order valence-corrected chi connectivity index (χ3v) is 4.85.